The number of nitrogens with one attached hydrogen (secondary N) is 1. The van der Waals surface area contributed by atoms with Crippen LogP contribution in [0.3, 0.4) is 0 Å². The SMILES string of the molecule is CC(C)(C)n1nc(C(=O)NO)cc1-c1cccc(Br)c1. The van der Waals surface area contributed by atoms with E-state index in [0.29, 0.717) is 0 Å². The number of benzene rings is 1. The lowest BCUT2D eigenvalue weighted by atomic mass is 10.1. The predicted octanol–water partition coefficient (Wildman–Crippen LogP) is 3.19. The first-order chi connectivity index (χ1) is 9.32. The zero-order valence-electron chi connectivity index (χ0n) is 11.5. The minimum absolute atomic E-state index is 0.178. The van der Waals surface area contributed by atoms with Crippen molar-refractivity contribution in [3.05, 3.63) is 40.5 Å². The summed E-state index contributed by atoms with van der Waals surface area (Å²) in [4.78, 5) is 11.6. The topological polar surface area (TPSA) is 67.2 Å². The molecule has 0 aliphatic carbocycles. The number of nitrogens with zero attached hydrogens (tertiary/aromatic N) is 2. The maximum absolute atomic E-state index is 11.6. The molecule has 0 unspecified atom stereocenters. The maximum atomic E-state index is 11.6. The molecule has 2 N–H and O–H groups in total. The van der Waals surface area contributed by atoms with E-state index in [0.717, 1.165) is 15.7 Å². The molecule has 0 bridgehead atoms. The highest BCUT2D eigenvalue weighted by Crippen LogP contribution is 2.28. The van der Waals surface area contributed by atoms with Gasteiger partial charge >= 0.3 is 0 Å². The molecule has 2 aromatic rings. The summed E-state index contributed by atoms with van der Waals surface area (Å²) in [6, 6.07) is 9.43. The van der Waals surface area contributed by atoms with Gasteiger partial charge < -0.3 is 0 Å². The molecule has 1 aromatic carbocycles. The van der Waals surface area contributed by atoms with Crippen LogP contribution in [0.15, 0.2) is 34.8 Å². The number of hydrogen-bond donors (Lipinski definition) is 2. The van der Waals surface area contributed by atoms with Crippen LogP contribution in [0.25, 0.3) is 11.3 Å². The van der Waals surface area contributed by atoms with E-state index in [-0.39, 0.29) is 11.2 Å². The third-order valence-electron chi connectivity index (χ3n) is 2.80. The summed E-state index contributed by atoms with van der Waals surface area (Å²) in [5, 5.41) is 13.0. The van der Waals surface area contributed by atoms with Gasteiger partial charge in [0.1, 0.15) is 0 Å². The van der Waals surface area contributed by atoms with Gasteiger partial charge in [-0.25, -0.2) is 5.48 Å². The highest BCUT2D eigenvalue weighted by Gasteiger charge is 2.22. The van der Waals surface area contributed by atoms with Gasteiger partial charge in [-0.2, -0.15) is 5.10 Å². The number of carbonyl (C=O) groups excluding carboxylic acids is 1. The van der Waals surface area contributed by atoms with Gasteiger partial charge in [-0.1, -0.05) is 28.1 Å². The minimum Gasteiger partial charge on any atom is -0.288 e. The van der Waals surface area contributed by atoms with E-state index < -0.39 is 5.91 Å². The second kappa shape index (κ2) is 5.38. The molecule has 0 saturated heterocycles. The third-order valence-corrected chi connectivity index (χ3v) is 3.29. The molecule has 0 fully saturated rings. The van der Waals surface area contributed by atoms with Crippen LogP contribution in [-0.2, 0) is 5.54 Å². The van der Waals surface area contributed by atoms with Crippen LogP contribution < -0.4 is 5.48 Å². The fraction of sp³-hybridized carbons (Fsp3) is 0.286. The van der Waals surface area contributed by atoms with Crippen LogP contribution in [0, 0.1) is 0 Å². The van der Waals surface area contributed by atoms with Gasteiger partial charge in [-0.05, 0) is 39.0 Å². The zero-order valence-corrected chi connectivity index (χ0v) is 13.1. The maximum Gasteiger partial charge on any atom is 0.295 e. The lowest BCUT2D eigenvalue weighted by molar-refractivity contribution is 0.0699. The van der Waals surface area contributed by atoms with Gasteiger partial charge in [0.25, 0.3) is 5.91 Å². The molecule has 1 heterocycles. The number of aromatic nitrogens is 2. The molecule has 0 saturated carbocycles. The van der Waals surface area contributed by atoms with E-state index in [1.165, 1.54) is 0 Å². The summed E-state index contributed by atoms with van der Waals surface area (Å²) in [6.07, 6.45) is 0. The lowest BCUT2D eigenvalue weighted by Gasteiger charge is -2.22. The number of amides is 1. The van der Waals surface area contributed by atoms with E-state index in [2.05, 4.69) is 21.0 Å². The first-order valence-electron chi connectivity index (χ1n) is 6.14. The monoisotopic (exact) mass is 337 g/mol. The van der Waals surface area contributed by atoms with Crippen LogP contribution >= 0.6 is 15.9 Å². The van der Waals surface area contributed by atoms with Gasteiger partial charge in [0.15, 0.2) is 5.69 Å². The Morgan fingerprint density at radius 1 is 1.35 bits per heavy atom. The summed E-state index contributed by atoms with van der Waals surface area (Å²) < 4.78 is 2.73. The minimum atomic E-state index is -0.621. The molecule has 2 rings (SSSR count). The smallest absolute Gasteiger partial charge is 0.288 e. The highest BCUT2D eigenvalue weighted by atomic mass is 79.9. The molecule has 0 aliphatic rings. The van der Waals surface area contributed by atoms with Crippen LogP contribution in [0.4, 0.5) is 0 Å². The van der Waals surface area contributed by atoms with Crippen molar-refractivity contribution in [2.75, 3.05) is 0 Å². The molecular weight excluding hydrogens is 322 g/mol. The van der Waals surface area contributed by atoms with Gasteiger partial charge in [0, 0.05) is 10.0 Å². The number of hydroxylamine groups is 1. The molecule has 0 spiro atoms. The van der Waals surface area contributed by atoms with E-state index in [4.69, 9.17) is 5.21 Å². The van der Waals surface area contributed by atoms with E-state index in [9.17, 15) is 4.79 Å². The summed E-state index contributed by atoms with van der Waals surface area (Å²) in [5.74, 6) is -0.621. The Balaban J connectivity index is 2.62. The van der Waals surface area contributed by atoms with Crippen molar-refractivity contribution in [2.45, 2.75) is 26.3 Å². The van der Waals surface area contributed by atoms with Crippen LogP contribution in [-0.4, -0.2) is 20.9 Å². The average molecular weight is 338 g/mol. The molecule has 1 amide bonds. The van der Waals surface area contributed by atoms with Gasteiger partial charge in [0.2, 0.25) is 0 Å². The predicted molar refractivity (Wildman–Crippen MR) is 79.6 cm³/mol. The van der Waals surface area contributed by atoms with E-state index in [1.807, 2.05) is 45.0 Å². The number of hydrogen-bond acceptors (Lipinski definition) is 3. The number of carbonyl (C=O) groups is 1. The Kier molecular flexibility index (Phi) is 3.96. The van der Waals surface area contributed by atoms with Gasteiger partial charge in [-0.15, -0.1) is 0 Å². The molecule has 20 heavy (non-hydrogen) atoms. The number of rotatable bonds is 2. The lowest BCUT2D eigenvalue weighted by Crippen LogP contribution is -2.25. The molecule has 1 aromatic heterocycles. The third kappa shape index (κ3) is 2.91. The Morgan fingerprint density at radius 3 is 2.60 bits per heavy atom. The van der Waals surface area contributed by atoms with Crippen LogP contribution in [0.2, 0.25) is 0 Å². The Bertz CT molecular complexity index is 644. The molecular formula is C14H16BrN3O2. The normalized spacial score (nSPS) is 11.4. The highest BCUT2D eigenvalue weighted by molar-refractivity contribution is 9.10. The first-order valence-corrected chi connectivity index (χ1v) is 6.93. The average Bonchev–Trinajstić information content (AvgIpc) is 2.82. The Labute approximate surface area is 125 Å². The summed E-state index contributed by atoms with van der Waals surface area (Å²) in [7, 11) is 0. The van der Waals surface area contributed by atoms with Gasteiger partial charge in [-0.3, -0.25) is 14.7 Å². The van der Waals surface area contributed by atoms with Gasteiger partial charge in [0.05, 0.1) is 11.2 Å². The van der Waals surface area contributed by atoms with Crippen LogP contribution in [0.1, 0.15) is 31.3 Å². The van der Waals surface area contributed by atoms with Crippen molar-refractivity contribution in [3.63, 3.8) is 0 Å². The van der Waals surface area contributed by atoms with Crippen molar-refractivity contribution < 1.29 is 10.0 Å². The Morgan fingerprint density at radius 2 is 2.05 bits per heavy atom. The van der Waals surface area contributed by atoms with Crippen molar-refractivity contribution in [2.24, 2.45) is 0 Å². The molecule has 0 aliphatic heterocycles. The standard InChI is InChI=1S/C14H16BrN3O2/c1-14(2,3)18-12(8-11(16-18)13(19)17-20)9-5-4-6-10(15)7-9/h4-8,20H,1-3H3,(H,17,19). The van der Waals surface area contributed by atoms with E-state index in [1.54, 1.807) is 16.2 Å². The molecule has 6 heteroatoms. The summed E-state index contributed by atoms with van der Waals surface area (Å²) in [6.45, 7) is 6.01. The quantitative estimate of drug-likeness (QED) is 0.653. The van der Waals surface area contributed by atoms with Crippen molar-refractivity contribution in [3.8, 4) is 11.3 Å². The molecule has 106 valence electrons. The Hall–Kier alpha value is -1.66. The molecule has 0 atom stereocenters. The van der Waals surface area contributed by atoms with E-state index >= 15 is 0 Å². The molecule has 5 nitrogen and oxygen atoms in total. The second-order valence-corrected chi connectivity index (χ2v) is 6.36. The fourth-order valence-corrected chi connectivity index (χ4v) is 2.31. The van der Waals surface area contributed by atoms with Crippen LogP contribution in [0.5, 0.6) is 0 Å². The van der Waals surface area contributed by atoms with Crippen molar-refractivity contribution >= 4 is 21.8 Å². The summed E-state index contributed by atoms with van der Waals surface area (Å²) >= 11 is 3.43. The van der Waals surface area contributed by atoms with Crippen molar-refractivity contribution in [1.82, 2.24) is 15.3 Å². The fourth-order valence-electron chi connectivity index (χ4n) is 1.91. The first kappa shape index (κ1) is 14.7. The largest absolute Gasteiger partial charge is 0.295 e. The zero-order chi connectivity index (χ0) is 14.9. The van der Waals surface area contributed by atoms with Crippen molar-refractivity contribution in [1.29, 1.82) is 0 Å². The number of halogens is 1. The second-order valence-electron chi connectivity index (χ2n) is 5.45. The molecule has 0 radical (unpaired) electrons. The summed E-state index contributed by atoms with van der Waals surface area (Å²) in [5.41, 5.74) is 3.26.